The summed E-state index contributed by atoms with van der Waals surface area (Å²) in [5.74, 6) is -0.788. The summed E-state index contributed by atoms with van der Waals surface area (Å²) >= 11 is 0. The molecule has 2 N–H and O–H groups in total. The van der Waals surface area contributed by atoms with Gasteiger partial charge in [-0.25, -0.2) is 0 Å². The molecule has 0 aromatic heterocycles. The van der Waals surface area contributed by atoms with Crippen LogP contribution in [0.2, 0.25) is 0 Å². The van der Waals surface area contributed by atoms with Crippen LogP contribution in [-0.2, 0) is 10.4 Å². The lowest BCUT2D eigenvalue weighted by Crippen LogP contribution is -2.29. The minimum atomic E-state index is -1.06. The largest absolute Gasteiger partial charge is 0.481 e. The van der Waals surface area contributed by atoms with Crippen molar-refractivity contribution in [2.45, 2.75) is 31.8 Å². The fraction of sp³-hybridized carbons (Fsp3) is 0.462. The molecule has 1 unspecified atom stereocenters. The maximum atomic E-state index is 11.1. The molecule has 1 fully saturated rings. The van der Waals surface area contributed by atoms with Crippen LogP contribution in [0.15, 0.2) is 30.3 Å². The lowest BCUT2D eigenvalue weighted by atomic mass is 9.84. The number of hydrogen-bond donors (Lipinski definition) is 2. The second kappa shape index (κ2) is 3.59. The Labute approximate surface area is 94.7 Å². The summed E-state index contributed by atoms with van der Waals surface area (Å²) in [6.07, 6.45) is 1.63. The van der Waals surface area contributed by atoms with E-state index in [0.29, 0.717) is 19.3 Å². The molecule has 0 heterocycles. The highest BCUT2D eigenvalue weighted by Gasteiger charge is 2.53. The lowest BCUT2D eigenvalue weighted by Gasteiger charge is -2.27. The van der Waals surface area contributed by atoms with Crippen molar-refractivity contribution in [3.8, 4) is 0 Å². The molecule has 3 heteroatoms. The van der Waals surface area contributed by atoms with Crippen molar-refractivity contribution < 1.29 is 15.0 Å². The van der Waals surface area contributed by atoms with Gasteiger partial charge in [0.2, 0.25) is 0 Å². The molecule has 2 rings (SSSR count). The minimum Gasteiger partial charge on any atom is -0.481 e. The molecule has 0 aliphatic heterocycles. The van der Waals surface area contributed by atoms with Crippen molar-refractivity contribution in [2.24, 2.45) is 5.41 Å². The third-order valence-corrected chi connectivity index (χ3v) is 3.39. The zero-order valence-electron chi connectivity index (χ0n) is 9.31. The number of benzene rings is 1. The van der Waals surface area contributed by atoms with Crippen LogP contribution in [0.25, 0.3) is 0 Å². The summed E-state index contributed by atoms with van der Waals surface area (Å²) in [5, 5.41) is 19.4. The van der Waals surface area contributed by atoms with Crippen molar-refractivity contribution >= 4 is 5.97 Å². The van der Waals surface area contributed by atoms with E-state index in [4.69, 9.17) is 5.11 Å². The number of carbonyl (C=O) groups is 1. The highest BCUT2D eigenvalue weighted by molar-refractivity contribution is 5.77. The average molecular weight is 220 g/mol. The second-order valence-electron chi connectivity index (χ2n) is 4.90. The third-order valence-electron chi connectivity index (χ3n) is 3.39. The Kier molecular flexibility index (Phi) is 2.50. The van der Waals surface area contributed by atoms with Gasteiger partial charge in [0, 0.05) is 0 Å². The van der Waals surface area contributed by atoms with Gasteiger partial charge in [-0.2, -0.15) is 0 Å². The molecule has 1 aromatic rings. The summed E-state index contributed by atoms with van der Waals surface area (Å²) in [6, 6.07) is 9.24. The molecule has 1 aliphatic rings. The Morgan fingerprint density at radius 1 is 1.38 bits per heavy atom. The molecule has 0 bridgehead atoms. The Morgan fingerprint density at radius 3 is 2.38 bits per heavy atom. The molecule has 0 amide bonds. The van der Waals surface area contributed by atoms with Crippen LogP contribution >= 0.6 is 0 Å². The van der Waals surface area contributed by atoms with Crippen molar-refractivity contribution in [1.82, 2.24) is 0 Å². The van der Waals surface area contributed by atoms with Crippen LogP contribution in [0.4, 0.5) is 0 Å². The van der Waals surface area contributed by atoms with E-state index in [-0.39, 0.29) is 0 Å². The first-order chi connectivity index (χ1) is 7.46. The fourth-order valence-electron chi connectivity index (χ4n) is 2.18. The highest BCUT2D eigenvalue weighted by atomic mass is 16.4. The number of rotatable bonds is 4. The first-order valence-electron chi connectivity index (χ1n) is 5.48. The van der Waals surface area contributed by atoms with Gasteiger partial charge in [0.05, 0.1) is 11.0 Å². The van der Waals surface area contributed by atoms with Gasteiger partial charge < -0.3 is 10.2 Å². The summed E-state index contributed by atoms with van der Waals surface area (Å²) in [7, 11) is 0. The van der Waals surface area contributed by atoms with Crippen molar-refractivity contribution in [3.63, 3.8) is 0 Å². The lowest BCUT2D eigenvalue weighted by molar-refractivity contribution is -0.146. The number of carboxylic acid groups (broad SMARTS) is 1. The quantitative estimate of drug-likeness (QED) is 0.817. The van der Waals surface area contributed by atoms with Crippen LogP contribution < -0.4 is 0 Å². The van der Waals surface area contributed by atoms with E-state index in [2.05, 4.69) is 0 Å². The minimum absolute atomic E-state index is 0.291. The van der Waals surface area contributed by atoms with Gasteiger partial charge in [-0.3, -0.25) is 4.79 Å². The van der Waals surface area contributed by atoms with Crippen molar-refractivity contribution in [1.29, 1.82) is 0 Å². The number of hydrogen-bond acceptors (Lipinski definition) is 2. The maximum absolute atomic E-state index is 11.1. The molecule has 1 aliphatic carbocycles. The van der Waals surface area contributed by atoms with Gasteiger partial charge in [0.25, 0.3) is 0 Å². The highest BCUT2D eigenvalue weighted by Crippen LogP contribution is 2.53. The molecule has 0 spiro atoms. The molecular formula is C13H16O3. The van der Waals surface area contributed by atoms with Crippen LogP contribution in [0, 0.1) is 5.41 Å². The normalized spacial score (nSPS) is 21.1. The zero-order chi connectivity index (χ0) is 11.8. The van der Waals surface area contributed by atoms with E-state index < -0.39 is 17.0 Å². The van der Waals surface area contributed by atoms with E-state index in [1.54, 1.807) is 6.92 Å². The van der Waals surface area contributed by atoms with E-state index in [1.165, 1.54) is 0 Å². The van der Waals surface area contributed by atoms with E-state index in [9.17, 15) is 9.90 Å². The molecule has 16 heavy (non-hydrogen) atoms. The Hall–Kier alpha value is -1.35. The van der Waals surface area contributed by atoms with Crippen LogP contribution in [0.3, 0.4) is 0 Å². The topological polar surface area (TPSA) is 57.5 Å². The molecule has 1 atom stereocenters. The first kappa shape index (κ1) is 11.1. The zero-order valence-corrected chi connectivity index (χ0v) is 9.31. The Bertz CT molecular complexity index is 391. The summed E-state index contributed by atoms with van der Waals surface area (Å²) in [5.41, 5.74) is -0.974. The van der Waals surface area contributed by atoms with Gasteiger partial charge >= 0.3 is 5.97 Å². The number of carboxylic acids is 1. The third kappa shape index (κ3) is 1.95. The van der Waals surface area contributed by atoms with Gasteiger partial charge in [-0.05, 0) is 31.7 Å². The van der Waals surface area contributed by atoms with E-state index in [0.717, 1.165) is 5.56 Å². The molecular weight excluding hydrogens is 204 g/mol. The second-order valence-corrected chi connectivity index (χ2v) is 4.90. The predicted molar refractivity (Wildman–Crippen MR) is 59.9 cm³/mol. The average Bonchev–Trinajstić information content (AvgIpc) is 3.00. The summed E-state index contributed by atoms with van der Waals surface area (Å²) < 4.78 is 0. The van der Waals surface area contributed by atoms with Crippen LogP contribution in [0.1, 0.15) is 31.7 Å². The van der Waals surface area contributed by atoms with Crippen LogP contribution in [0.5, 0.6) is 0 Å². The van der Waals surface area contributed by atoms with Gasteiger partial charge in [0.1, 0.15) is 0 Å². The first-order valence-corrected chi connectivity index (χ1v) is 5.48. The Balaban J connectivity index is 2.18. The van der Waals surface area contributed by atoms with E-state index >= 15 is 0 Å². The monoisotopic (exact) mass is 220 g/mol. The SMILES string of the molecule is CC(O)(CC1(C(=O)O)CC1)c1ccccc1. The standard InChI is InChI=1S/C13H16O3/c1-12(16,10-5-3-2-4-6-10)9-13(7-8-13)11(14)15/h2-6,16H,7-9H2,1H3,(H,14,15). The van der Waals surface area contributed by atoms with Gasteiger partial charge in [-0.15, -0.1) is 0 Å². The number of aliphatic carboxylic acids is 1. The molecule has 1 saturated carbocycles. The van der Waals surface area contributed by atoms with E-state index in [1.807, 2.05) is 30.3 Å². The van der Waals surface area contributed by atoms with Crippen molar-refractivity contribution in [2.75, 3.05) is 0 Å². The van der Waals surface area contributed by atoms with Gasteiger partial charge in [-0.1, -0.05) is 30.3 Å². The fourth-order valence-corrected chi connectivity index (χ4v) is 2.18. The smallest absolute Gasteiger partial charge is 0.309 e. The Morgan fingerprint density at radius 2 is 1.94 bits per heavy atom. The molecule has 0 radical (unpaired) electrons. The molecule has 86 valence electrons. The summed E-state index contributed by atoms with van der Waals surface area (Å²) in [6.45, 7) is 1.69. The summed E-state index contributed by atoms with van der Waals surface area (Å²) in [4.78, 5) is 11.1. The maximum Gasteiger partial charge on any atom is 0.309 e. The molecule has 1 aromatic carbocycles. The van der Waals surface area contributed by atoms with Crippen LogP contribution in [-0.4, -0.2) is 16.2 Å². The predicted octanol–water partition coefficient (Wildman–Crippen LogP) is 2.15. The molecule has 3 nitrogen and oxygen atoms in total. The van der Waals surface area contributed by atoms with Gasteiger partial charge in [0.15, 0.2) is 0 Å². The van der Waals surface area contributed by atoms with Crippen molar-refractivity contribution in [3.05, 3.63) is 35.9 Å². The molecule has 0 saturated heterocycles. The number of aliphatic hydroxyl groups is 1.